The van der Waals surface area contributed by atoms with E-state index in [1.807, 2.05) is 31.4 Å². The number of phenols is 1. The van der Waals surface area contributed by atoms with Gasteiger partial charge in [0, 0.05) is 24.2 Å². The molecule has 0 radical (unpaired) electrons. The zero-order chi connectivity index (χ0) is 11.8. The maximum atomic E-state index is 9.25. The van der Waals surface area contributed by atoms with E-state index in [9.17, 15) is 5.11 Å². The van der Waals surface area contributed by atoms with Gasteiger partial charge in [-0.05, 0) is 23.8 Å². The molecule has 2 aromatic heterocycles. The van der Waals surface area contributed by atoms with Crippen LogP contribution < -0.4 is 0 Å². The maximum absolute atomic E-state index is 9.25. The van der Waals surface area contributed by atoms with E-state index in [1.54, 1.807) is 23.0 Å². The van der Waals surface area contributed by atoms with Gasteiger partial charge >= 0.3 is 0 Å². The second-order valence-electron chi connectivity index (χ2n) is 3.95. The third-order valence-electron chi connectivity index (χ3n) is 2.77. The quantitative estimate of drug-likeness (QED) is 0.691. The van der Waals surface area contributed by atoms with Crippen LogP contribution in [0.15, 0.2) is 42.7 Å². The second kappa shape index (κ2) is 3.59. The van der Waals surface area contributed by atoms with Crippen molar-refractivity contribution in [3.8, 4) is 16.9 Å². The Kier molecular flexibility index (Phi) is 2.08. The van der Waals surface area contributed by atoms with E-state index in [2.05, 4.69) is 10.1 Å². The van der Waals surface area contributed by atoms with Gasteiger partial charge < -0.3 is 5.11 Å². The summed E-state index contributed by atoms with van der Waals surface area (Å²) in [6, 6.07) is 9.12. The zero-order valence-electron chi connectivity index (χ0n) is 9.33. The lowest BCUT2D eigenvalue weighted by Gasteiger charge is -2.01. The van der Waals surface area contributed by atoms with Crippen LogP contribution in [0.25, 0.3) is 22.2 Å². The molecule has 0 aliphatic carbocycles. The van der Waals surface area contributed by atoms with Crippen LogP contribution in [0.5, 0.6) is 5.75 Å². The van der Waals surface area contributed by atoms with Crippen LogP contribution >= 0.6 is 0 Å². The first-order valence-corrected chi connectivity index (χ1v) is 5.31. The van der Waals surface area contributed by atoms with Gasteiger partial charge in [0.2, 0.25) is 0 Å². The van der Waals surface area contributed by atoms with Gasteiger partial charge in [-0.15, -0.1) is 0 Å². The Hall–Kier alpha value is -2.36. The molecule has 2 heterocycles. The summed E-state index contributed by atoms with van der Waals surface area (Å²) in [5.74, 6) is 0.268. The summed E-state index contributed by atoms with van der Waals surface area (Å²) in [4.78, 5) is 4.38. The first-order chi connectivity index (χ1) is 8.24. The number of hydrogen-bond acceptors (Lipinski definition) is 3. The molecule has 0 aliphatic rings. The van der Waals surface area contributed by atoms with Crippen molar-refractivity contribution in [2.75, 3.05) is 0 Å². The molecule has 84 valence electrons. The smallest absolute Gasteiger partial charge is 0.157 e. The molecule has 0 bridgehead atoms. The highest BCUT2D eigenvalue weighted by molar-refractivity contribution is 5.80. The number of fused-ring (bicyclic) bond motifs is 1. The highest BCUT2D eigenvalue weighted by atomic mass is 16.3. The molecule has 0 spiro atoms. The lowest BCUT2D eigenvalue weighted by molar-refractivity contribution is 0.475. The van der Waals surface area contributed by atoms with Crippen LogP contribution in [0.4, 0.5) is 0 Å². The number of benzene rings is 1. The summed E-state index contributed by atoms with van der Waals surface area (Å²) in [6.07, 6.45) is 3.61. The summed E-state index contributed by atoms with van der Waals surface area (Å²) in [7, 11) is 1.87. The third-order valence-corrected chi connectivity index (χ3v) is 2.77. The van der Waals surface area contributed by atoms with Crippen molar-refractivity contribution in [2.45, 2.75) is 0 Å². The number of rotatable bonds is 1. The number of aromatic hydroxyl groups is 1. The third kappa shape index (κ3) is 1.63. The lowest BCUT2D eigenvalue weighted by Crippen LogP contribution is -1.91. The van der Waals surface area contributed by atoms with Crippen LogP contribution in [0.2, 0.25) is 0 Å². The highest BCUT2D eigenvalue weighted by Crippen LogP contribution is 2.23. The maximum Gasteiger partial charge on any atom is 0.157 e. The van der Waals surface area contributed by atoms with E-state index < -0.39 is 0 Å². The van der Waals surface area contributed by atoms with E-state index in [0.29, 0.717) is 0 Å². The van der Waals surface area contributed by atoms with Crippen molar-refractivity contribution in [2.24, 2.45) is 7.05 Å². The van der Waals surface area contributed by atoms with Gasteiger partial charge in [-0.1, -0.05) is 12.1 Å². The predicted octanol–water partition coefficient (Wildman–Crippen LogP) is 2.34. The number of aromatic nitrogens is 3. The van der Waals surface area contributed by atoms with Gasteiger partial charge in [0.15, 0.2) is 5.65 Å². The molecule has 17 heavy (non-hydrogen) atoms. The minimum atomic E-state index is 0.268. The Morgan fingerprint density at radius 2 is 1.82 bits per heavy atom. The molecule has 0 atom stereocenters. The molecule has 0 aliphatic heterocycles. The number of pyridine rings is 1. The SMILES string of the molecule is Cn1ncc2cc(-c3ccc(O)cc3)cnc21. The lowest BCUT2D eigenvalue weighted by atomic mass is 10.1. The molecular formula is C13H11N3O. The van der Waals surface area contributed by atoms with Gasteiger partial charge in [-0.2, -0.15) is 5.10 Å². The van der Waals surface area contributed by atoms with Crippen LogP contribution in [0.3, 0.4) is 0 Å². The highest BCUT2D eigenvalue weighted by Gasteiger charge is 2.04. The summed E-state index contributed by atoms with van der Waals surface area (Å²) in [5.41, 5.74) is 2.92. The van der Waals surface area contributed by atoms with Crippen molar-refractivity contribution in [1.82, 2.24) is 14.8 Å². The molecule has 0 amide bonds. The fraction of sp³-hybridized carbons (Fsp3) is 0.0769. The predicted molar refractivity (Wildman–Crippen MR) is 65.6 cm³/mol. The second-order valence-corrected chi connectivity index (χ2v) is 3.95. The molecule has 4 heteroatoms. The molecule has 1 N–H and O–H groups in total. The van der Waals surface area contributed by atoms with E-state index in [4.69, 9.17) is 0 Å². The van der Waals surface area contributed by atoms with Crippen LogP contribution in [0, 0.1) is 0 Å². The monoisotopic (exact) mass is 225 g/mol. The molecule has 1 aromatic carbocycles. The summed E-state index contributed by atoms with van der Waals surface area (Å²) >= 11 is 0. The van der Waals surface area contributed by atoms with Crippen LogP contribution in [-0.4, -0.2) is 19.9 Å². The normalized spacial score (nSPS) is 10.9. The standard InChI is InChI=1S/C13H11N3O/c1-16-13-11(8-15-16)6-10(7-14-13)9-2-4-12(17)5-3-9/h2-8,17H,1H3. The average Bonchev–Trinajstić information content (AvgIpc) is 2.72. The average molecular weight is 225 g/mol. The Balaban J connectivity index is 2.14. The molecule has 3 aromatic rings. The Bertz CT molecular complexity index is 671. The fourth-order valence-electron chi connectivity index (χ4n) is 1.86. The van der Waals surface area contributed by atoms with E-state index in [0.717, 1.165) is 22.2 Å². The number of nitrogens with zero attached hydrogens (tertiary/aromatic N) is 3. The molecular weight excluding hydrogens is 214 g/mol. The van der Waals surface area contributed by atoms with E-state index in [1.165, 1.54) is 0 Å². The Morgan fingerprint density at radius 1 is 1.06 bits per heavy atom. The Labute approximate surface area is 98.2 Å². The van der Waals surface area contributed by atoms with Gasteiger partial charge in [0.1, 0.15) is 5.75 Å². The summed E-state index contributed by atoms with van der Waals surface area (Å²) < 4.78 is 1.75. The number of aryl methyl sites for hydroxylation is 1. The van der Waals surface area contributed by atoms with Crippen LogP contribution in [0.1, 0.15) is 0 Å². The van der Waals surface area contributed by atoms with Gasteiger partial charge in [-0.25, -0.2) is 4.98 Å². The summed E-state index contributed by atoms with van der Waals surface area (Å²) in [6.45, 7) is 0. The van der Waals surface area contributed by atoms with E-state index in [-0.39, 0.29) is 5.75 Å². The molecule has 0 unspecified atom stereocenters. The fourth-order valence-corrected chi connectivity index (χ4v) is 1.86. The van der Waals surface area contributed by atoms with Crippen molar-refractivity contribution in [3.63, 3.8) is 0 Å². The molecule has 3 rings (SSSR count). The number of hydrogen-bond donors (Lipinski definition) is 1. The van der Waals surface area contributed by atoms with Gasteiger partial charge in [-0.3, -0.25) is 4.68 Å². The molecule has 4 nitrogen and oxygen atoms in total. The number of phenolic OH excluding ortho intramolecular Hbond substituents is 1. The van der Waals surface area contributed by atoms with Crippen molar-refractivity contribution >= 4 is 11.0 Å². The first kappa shape index (κ1) is 9.84. The minimum Gasteiger partial charge on any atom is -0.508 e. The van der Waals surface area contributed by atoms with Crippen LogP contribution in [-0.2, 0) is 7.05 Å². The minimum absolute atomic E-state index is 0.268. The summed E-state index contributed by atoms with van der Waals surface area (Å²) in [5, 5.41) is 14.4. The zero-order valence-corrected chi connectivity index (χ0v) is 9.33. The van der Waals surface area contributed by atoms with Gasteiger partial charge in [0.05, 0.1) is 6.20 Å². The topological polar surface area (TPSA) is 50.9 Å². The van der Waals surface area contributed by atoms with Crippen molar-refractivity contribution < 1.29 is 5.11 Å². The van der Waals surface area contributed by atoms with Gasteiger partial charge in [0.25, 0.3) is 0 Å². The Morgan fingerprint density at radius 3 is 2.59 bits per heavy atom. The molecule has 0 fully saturated rings. The molecule has 0 saturated carbocycles. The van der Waals surface area contributed by atoms with Crippen molar-refractivity contribution in [3.05, 3.63) is 42.7 Å². The first-order valence-electron chi connectivity index (χ1n) is 5.31. The van der Waals surface area contributed by atoms with Crippen molar-refractivity contribution in [1.29, 1.82) is 0 Å². The van der Waals surface area contributed by atoms with E-state index >= 15 is 0 Å². The molecule has 0 saturated heterocycles. The largest absolute Gasteiger partial charge is 0.508 e.